The SMILES string of the molecule is CC(C)(C)c1c(C(C)(C)c2ccc(OCc3ccnc(N4CCOCC4)n3)cc2)cc(C#N)c(OC2CC2)c1Cl. The molecule has 8 heteroatoms. The van der Waals surface area contributed by atoms with Crippen LogP contribution in [0.25, 0.3) is 0 Å². The Balaban J connectivity index is 1.37. The smallest absolute Gasteiger partial charge is 0.225 e. The molecule has 0 bridgehead atoms. The molecule has 210 valence electrons. The van der Waals surface area contributed by atoms with E-state index >= 15 is 0 Å². The fraction of sp³-hybridized carbons (Fsp3) is 0.469. The third-order valence-corrected chi connectivity index (χ3v) is 7.89. The van der Waals surface area contributed by atoms with Gasteiger partial charge in [0, 0.05) is 24.7 Å². The first-order valence-corrected chi connectivity index (χ1v) is 14.3. The normalized spacial score (nSPS) is 16.0. The van der Waals surface area contributed by atoms with Gasteiger partial charge in [0.15, 0.2) is 5.75 Å². The summed E-state index contributed by atoms with van der Waals surface area (Å²) in [4.78, 5) is 11.2. The molecule has 5 rings (SSSR count). The number of hydrogen-bond donors (Lipinski definition) is 0. The van der Waals surface area contributed by atoms with Gasteiger partial charge < -0.3 is 19.1 Å². The molecule has 3 aromatic rings. The molecule has 1 saturated carbocycles. The highest BCUT2D eigenvalue weighted by atomic mass is 35.5. The van der Waals surface area contributed by atoms with Crippen LogP contribution in [0.5, 0.6) is 11.5 Å². The van der Waals surface area contributed by atoms with Crippen molar-refractivity contribution in [2.24, 2.45) is 0 Å². The van der Waals surface area contributed by atoms with Crippen molar-refractivity contribution in [2.45, 2.75) is 71.0 Å². The fourth-order valence-electron chi connectivity index (χ4n) is 5.07. The maximum atomic E-state index is 9.99. The zero-order valence-electron chi connectivity index (χ0n) is 24.0. The summed E-state index contributed by atoms with van der Waals surface area (Å²) in [5, 5.41) is 10.5. The number of nitrogens with zero attached hydrogens (tertiary/aromatic N) is 4. The van der Waals surface area contributed by atoms with Crippen molar-refractivity contribution in [3.63, 3.8) is 0 Å². The van der Waals surface area contributed by atoms with Crippen molar-refractivity contribution in [3.8, 4) is 17.6 Å². The van der Waals surface area contributed by atoms with Gasteiger partial charge in [0.1, 0.15) is 18.4 Å². The summed E-state index contributed by atoms with van der Waals surface area (Å²) in [6, 6.07) is 14.3. The van der Waals surface area contributed by atoms with E-state index < -0.39 is 5.41 Å². The van der Waals surface area contributed by atoms with E-state index in [-0.39, 0.29) is 11.5 Å². The predicted octanol–water partition coefficient (Wildman–Crippen LogP) is 6.58. The Morgan fingerprint density at radius 2 is 1.77 bits per heavy atom. The molecule has 1 aromatic heterocycles. The van der Waals surface area contributed by atoms with Gasteiger partial charge in [0.25, 0.3) is 0 Å². The molecule has 1 aliphatic carbocycles. The van der Waals surface area contributed by atoms with Gasteiger partial charge in [-0.2, -0.15) is 5.26 Å². The van der Waals surface area contributed by atoms with Gasteiger partial charge in [-0.3, -0.25) is 0 Å². The number of anilines is 1. The Bertz CT molecular complexity index is 1400. The zero-order valence-corrected chi connectivity index (χ0v) is 24.7. The molecule has 1 saturated heterocycles. The van der Waals surface area contributed by atoms with Crippen LogP contribution in [0.15, 0.2) is 42.6 Å². The van der Waals surface area contributed by atoms with Gasteiger partial charge >= 0.3 is 0 Å². The minimum atomic E-state index is -0.422. The van der Waals surface area contributed by atoms with Gasteiger partial charge in [0.05, 0.1) is 35.6 Å². The molecule has 1 aliphatic heterocycles. The second-order valence-corrected chi connectivity index (χ2v) is 12.4. The number of rotatable bonds is 8. The van der Waals surface area contributed by atoms with Gasteiger partial charge in [-0.15, -0.1) is 0 Å². The van der Waals surface area contributed by atoms with E-state index in [1.807, 2.05) is 24.3 Å². The highest BCUT2D eigenvalue weighted by molar-refractivity contribution is 6.33. The minimum Gasteiger partial charge on any atom is -0.487 e. The van der Waals surface area contributed by atoms with Crippen LogP contribution in [0.4, 0.5) is 5.95 Å². The quantitative estimate of drug-likeness (QED) is 0.308. The third-order valence-electron chi connectivity index (χ3n) is 7.53. The highest BCUT2D eigenvalue weighted by Crippen LogP contribution is 2.47. The molecule has 2 aliphatic rings. The topological polar surface area (TPSA) is 80.5 Å². The van der Waals surface area contributed by atoms with Gasteiger partial charge in [-0.25, -0.2) is 9.97 Å². The summed E-state index contributed by atoms with van der Waals surface area (Å²) in [5.41, 5.74) is 3.76. The highest BCUT2D eigenvalue weighted by Gasteiger charge is 2.36. The largest absolute Gasteiger partial charge is 0.487 e. The van der Waals surface area contributed by atoms with Crippen molar-refractivity contribution in [1.29, 1.82) is 5.26 Å². The first-order valence-electron chi connectivity index (χ1n) is 13.9. The standard InChI is InChI=1S/C32H37ClN4O3/c1-31(2,3)27-26(18-21(19-34)29(28(27)33)40-25-10-11-25)32(4,5)22-6-8-24(9-7-22)39-20-23-12-13-35-30(36-23)37-14-16-38-17-15-37/h6-9,12-13,18,25H,10-11,14-17,20H2,1-5H3. The van der Waals surface area contributed by atoms with Crippen LogP contribution in [0, 0.1) is 11.3 Å². The third kappa shape index (κ3) is 6.04. The van der Waals surface area contributed by atoms with E-state index in [9.17, 15) is 5.26 Å². The Hall–Kier alpha value is -3.34. The van der Waals surface area contributed by atoms with Crippen LogP contribution in [0.1, 0.15) is 75.4 Å². The molecular weight excluding hydrogens is 524 g/mol. The lowest BCUT2D eigenvalue weighted by atomic mass is 9.70. The average Bonchev–Trinajstić information content (AvgIpc) is 3.77. The molecular formula is C32H37ClN4O3. The second kappa shape index (κ2) is 11.3. The average molecular weight is 561 g/mol. The van der Waals surface area contributed by atoms with Crippen LogP contribution >= 0.6 is 11.6 Å². The molecule has 2 heterocycles. The summed E-state index contributed by atoms with van der Waals surface area (Å²) in [6.45, 7) is 14.1. The van der Waals surface area contributed by atoms with E-state index in [2.05, 4.69) is 67.7 Å². The number of aromatic nitrogens is 2. The van der Waals surface area contributed by atoms with Crippen LogP contribution in [0.3, 0.4) is 0 Å². The van der Waals surface area contributed by atoms with Crippen molar-refractivity contribution in [3.05, 3.63) is 75.6 Å². The number of benzene rings is 2. The lowest BCUT2D eigenvalue weighted by Crippen LogP contribution is -2.37. The Labute approximate surface area is 242 Å². The molecule has 2 aromatic carbocycles. The van der Waals surface area contributed by atoms with Crippen LogP contribution < -0.4 is 14.4 Å². The van der Waals surface area contributed by atoms with E-state index in [0.717, 1.165) is 54.1 Å². The monoisotopic (exact) mass is 560 g/mol. The number of morpholine rings is 1. The fourth-order valence-corrected chi connectivity index (χ4v) is 5.60. The lowest BCUT2D eigenvalue weighted by Gasteiger charge is -2.35. The number of halogens is 1. The van der Waals surface area contributed by atoms with Gasteiger partial charge in [-0.1, -0.05) is 58.4 Å². The summed E-state index contributed by atoms with van der Waals surface area (Å²) in [5.74, 6) is 1.98. The van der Waals surface area contributed by atoms with Gasteiger partial charge in [-0.05, 0) is 59.2 Å². The molecule has 7 nitrogen and oxygen atoms in total. The van der Waals surface area contributed by atoms with E-state index in [1.165, 1.54) is 0 Å². The molecule has 40 heavy (non-hydrogen) atoms. The summed E-state index contributed by atoms with van der Waals surface area (Å²) < 4.78 is 17.6. The minimum absolute atomic E-state index is 0.150. The molecule has 0 spiro atoms. The molecule has 0 atom stereocenters. The van der Waals surface area contributed by atoms with Crippen molar-refractivity contribution < 1.29 is 14.2 Å². The number of hydrogen-bond acceptors (Lipinski definition) is 7. The zero-order chi connectivity index (χ0) is 28.5. The van der Waals surface area contributed by atoms with Crippen LogP contribution in [0.2, 0.25) is 5.02 Å². The van der Waals surface area contributed by atoms with Gasteiger partial charge in [0.2, 0.25) is 5.95 Å². The van der Waals surface area contributed by atoms with Crippen molar-refractivity contribution in [1.82, 2.24) is 9.97 Å². The predicted molar refractivity (Wildman–Crippen MR) is 156 cm³/mol. The Morgan fingerprint density at radius 1 is 1.07 bits per heavy atom. The van der Waals surface area contributed by atoms with E-state index in [0.29, 0.717) is 42.1 Å². The van der Waals surface area contributed by atoms with Crippen molar-refractivity contribution >= 4 is 17.5 Å². The molecule has 0 radical (unpaired) electrons. The maximum absolute atomic E-state index is 9.99. The summed E-state index contributed by atoms with van der Waals surface area (Å²) in [7, 11) is 0. The Kier molecular flexibility index (Phi) is 7.94. The van der Waals surface area contributed by atoms with Crippen molar-refractivity contribution in [2.75, 3.05) is 31.2 Å². The first-order chi connectivity index (χ1) is 19.1. The molecule has 0 amide bonds. The second-order valence-electron chi connectivity index (χ2n) is 12.1. The molecule has 0 unspecified atom stereocenters. The maximum Gasteiger partial charge on any atom is 0.225 e. The first kappa shape index (κ1) is 28.2. The summed E-state index contributed by atoms with van der Waals surface area (Å²) in [6.07, 6.45) is 3.92. The Morgan fingerprint density at radius 3 is 2.40 bits per heavy atom. The van der Waals surface area contributed by atoms with Crippen LogP contribution in [-0.4, -0.2) is 42.4 Å². The molecule has 2 fully saturated rings. The van der Waals surface area contributed by atoms with Crippen LogP contribution in [-0.2, 0) is 22.2 Å². The lowest BCUT2D eigenvalue weighted by molar-refractivity contribution is 0.122. The molecule has 0 N–H and O–H groups in total. The number of nitriles is 1. The summed E-state index contributed by atoms with van der Waals surface area (Å²) >= 11 is 7.02. The van der Waals surface area contributed by atoms with E-state index in [4.69, 9.17) is 25.8 Å². The van der Waals surface area contributed by atoms with E-state index in [1.54, 1.807) is 6.20 Å². The number of ether oxygens (including phenoxy) is 3.